The second-order valence-corrected chi connectivity index (χ2v) is 5.35. The van der Waals surface area contributed by atoms with E-state index in [0.717, 1.165) is 5.84 Å². The minimum Gasteiger partial charge on any atom is -0.312 e. The Morgan fingerprint density at radius 3 is 2.47 bits per heavy atom. The molecule has 0 aromatic carbocycles. The molecule has 100 valence electrons. The van der Waals surface area contributed by atoms with E-state index in [0.29, 0.717) is 12.0 Å². The van der Waals surface area contributed by atoms with Crippen LogP contribution in [-0.2, 0) is 0 Å². The third kappa shape index (κ3) is 5.53. The lowest BCUT2D eigenvalue weighted by Gasteiger charge is -2.17. The fourth-order valence-electron chi connectivity index (χ4n) is 2.54. The first kappa shape index (κ1) is 14.5. The van der Waals surface area contributed by atoms with E-state index in [2.05, 4.69) is 19.3 Å². The first-order valence-electron chi connectivity index (χ1n) is 7.32. The monoisotopic (exact) mass is 239 g/mol. The highest BCUT2D eigenvalue weighted by Crippen LogP contribution is 2.21. The summed E-state index contributed by atoms with van der Waals surface area (Å²) >= 11 is 0. The van der Waals surface area contributed by atoms with Gasteiger partial charge in [0.1, 0.15) is 5.84 Å². The average Bonchev–Trinajstić information content (AvgIpc) is 2.61. The Bertz CT molecular complexity index is 218. The Hall–Kier alpha value is -0.570. The number of nitrogens with two attached hydrogens (primary N) is 1. The van der Waals surface area contributed by atoms with Gasteiger partial charge in [-0.3, -0.25) is 4.99 Å². The summed E-state index contributed by atoms with van der Waals surface area (Å²) in [6.07, 6.45) is 11.6. The lowest BCUT2D eigenvalue weighted by molar-refractivity contribution is 0.559. The lowest BCUT2D eigenvalue weighted by Crippen LogP contribution is -2.36. The zero-order valence-corrected chi connectivity index (χ0v) is 11.5. The normalized spacial score (nSPS) is 21.0. The standard InChI is InChI=1S/C14H29N3/c1-3-4-9-12(2)14(17-15)16-13-10-7-5-6-8-11-13/h12-13H,3-11,15H2,1-2H3,(H,16,17). The number of unbranched alkanes of at least 4 members (excludes halogenated alkanes) is 1. The molecule has 3 N–H and O–H groups in total. The maximum atomic E-state index is 5.62. The van der Waals surface area contributed by atoms with Gasteiger partial charge in [-0.05, 0) is 19.3 Å². The first-order valence-corrected chi connectivity index (χ1v) is 7.32. The van der Waals surface area contributed by atoms with Crippen molar-refractivity contribution in [1.29, 1.82) is 0 Å². The van der Waals surface area contributed by atoms with E-state index in [-0.39, 0.29) is 0 Å². The molecule has 1 unspecified atom stereocenters. The minimum absolute atomic E-state index is 0.475. The number of nitrogens with zero attached hydrogens (tertiary/aromatic N) is 1. The summed E-state index contributed by atoms with van der Waals surface area (Å²) in [5.41, 5.74) is 2.83. The van der Waals surface area contributed by atoms with Crippen LogP contribution in [0.5, 0.6) is 0 Å². The van der Waals surface area contributed by atoms with Gasteiger partial charge in [0, 0.05) is 5.92 Å². The molecule has 0 aromatic heterocycles. The van der Waals surface area contributed by atoms with Gasteiger partial charge in [0.05, 0.1) is 6.04 Å². The topological polar surface area (TPSA) is 50.4 Å². The molecule has 0 saturated heterocycles. The Morgan fingerprint density at radius 2 is 1.94 bits per heavy atom. The van der Waals surface area contributed by atoms with Crippen molar-refractivity contribution < 1.29 is 0 Å². The quantitative estimate of drug-likeness (QED) is 0.254. The van der Waals surface area contributed by atoms with E-state index in [1.807, 2.05) is 0 Å². The van der Waals surface area contributed by atoms with Crippen LogP contribution in [0.2, 0.25) is 0 Å². The molecule has 3 heteroatoms. The van der Waals surface area contributed by atoms with Crippen molar-refractivity contribution in [2.24, 2.45) is 16.8 Å². The summed E-state index contributed by atoms with van der Waals surface area (Å²) in [5, 5.41) is 0. The molecule has 0 amide bonds. The van der Waals surface area contributed by atoms with Gasteiger partial charge in [0.25, 0.3) is 0 Å². The smallest absolute Gasteiger partial charge is 0.113 e. The number of amidine groups is 1. The van der Waals surface area contributed by atoms with Crippen LogP contribution in [0.4, 0.5) is 0 Å². The fourth-order valence-corrected chi connectivity index (χ4v) is 2.54. The van der Waals surface area contributed by atoms with Gasteiger partial charge < -0.3 is 5.43 Å². The van der Waals surface area contributed by atoms with Crippen molar-refractivity contribution in [2.45, 2.75) is 77.7 Å². The van der Waals surface area contributed by atoms with Crippen LogP contribution in [0, 0.1) is 5.92 Å². The molecule has 1 aliphatic carbocycles. The molecule has 0 spiro atoms. The number of hydrogen-bond acceptors (Lipinski definition) is 2. The fraction of sp³-hybridized carbons (Fsp3) is 0.929. The van der Waals surface area contributed by atoms with Crippen LogP contribution in [0.15, 0.2) is 4.99 Å². The van der Waals surface area contributed by atoms with Crippen LogP contribution < -0.4 is 11.3 Å². The lowest BCUT2D eigenvalue weighted by atomic mass is 10.0. The van der Waals surface area contributed by atoms with Crippen molar-refractivity contribution in [3.05, 3.63) is 0 Å². The van der Waals surface area contributed by atoms with E-state index in [1.54, 1.807) is 0 Å². The van der Waals surface area contributed by atoms with Crippen molar-refractivity contribution in [2.75, 3.05) is 0 Å². The van der Waals surface area contributed by atoms with E-state index in [4.69, 9.17) is 10.8 Å². The van der Waals surface area contributed by atoms with Crippen LogP contribution >= 0.6 is 0 Å². The summed E-state index contributed by atoms with van der Waals surface area (Å²) < 4.78 is 0. The van der Waals surface area contributed by atoms with Crippen LogP contribution in [0.3, 0.4) is 0 Å². The Balaban J connectivity index is 2.50. The molecule has 1 fully saturated rings. The van der Waals surface area contributed by atoms with Crippen LogP contribution in [0.25, 0.3) is 0 Å². The highest BCUT2D eigenvalue weighted by Gasteiger charge is 2.14. The Morgan fingerprint density at radius 1 is 1.29 bits per heavy atom. The van der Waals surface area contributed by atoms with Gasteiger partial charge in [0.15, 0.2) is 0 Å². The summed E-state index contributed by atoms with van der Waals surface area (Å²) in [6.45, 7) is 4.45. The number of rotatable bonds is 5. The maximum absolute atomic E-state index is 5.62. The van der Waals surface area contributed by atoms with Crippen LogP contribution in [-0.4, -0.2) is 11.9 Å². The van der Waals surface area contributed by atoms with Crippen molar-refractivity contribution in [3.63, 3.8) is 0 Å². The third-order valence-electron chi connectivity index (χ3n) is 3.75. The predicted molar refractivity (Wildman–Crippen MR) is 74.9 cm³/mol. The first-order chi connectivity index (χ1) is 8.27. The molecule has 0 heterocycles. The molecule has 1 rings (SSSR count). The van der Waals surface area contributed by atoms with Crippen molar-refractivity contribution in [1.82, 2.24) is 5.43 Å². The van der Waals surface area contributed by atoms with E-state index < -0.39 is 0 Å². The number of aliphatic imine (C=N–C) groups is 1. The zero-order chi connectivity index (χ0) is 12.5. The van der Waals surface area contributed by atoms with Gasteiger partial charge in [0.2, 0.25) is 0 Å². The summed E-state index contributed by atoms with van der Waals surface area (Å²) in [7, 11) is 0. The number of nitrogens with one attached hydrogen (secondary N) is 1. The van der Waals surface area contributed by atoms with Gasteiger partial charge >= 0.3 is 0 Å². The summed E-state index contributed by atoms with van der Waals surface area (Å²) in [6, 6.07) is 0.507. The number of hydrogen-bond donors (Lipinski definition) is 2. The van der Waals surface area contributed by atoms with Gasteiger partial charge in [-0.2, -0.15) is 0 Å². The molecule has 0 radical (unpaired) electrons. The molecule has 3 nitrogen and oxygen atoms in total. The van der Waals surface area contributed by atoms with Crippen LogP contribution in [0.1, 0.15) is 71.6 Å². The molecule has 17 heavy (non-hydrogen) atoms. The molecular formula is C14H29N3. The molecule has 1 aliphatic rings. The summed E-state index contributed by atoms with van der Waals surface area (Å²) in [4.78, 5) is 4.85. The highest BCUT2D eigenvalue weighted by atomic mass is 15.3. The molecule has 1 saturated carbocycles. The van der Waals surface area contributed by atoms with E-state index >= 15 is 0 Å². The Kier molecular flexibility index (Phi) is 7.25. The molecule has 0 bridgehead atoms. The highest BCUT2D eigenvalue weighted by molar-refractivity contribution is 5.83. The molecule has 0 aromatic rings. The molecule has 0 aliphatic heterocycles. The van der Waals surface area contributed by atoms with Gasteiger partial charge in [-0.25, -0.2) is 5.84 Å². The molecule has 1 atom stereocenters. The van der Waals surface area contributed by atoms with Gasteiger partial charge in [-0.15, -0.1) is 0 Å². The average molecular weight is 239 g/mol. The van der Waals surface area contributed by atoms with Crippen molar-refractivity contribution >= 4 is 5.84 Å². The maximum Gasteiger partial charge on any atom is 0.113 e. The second-order valence-electron chi connectivity index (χ2n) is 5.35. The number of hydrazine groups is 1. The largest absolute Gasteiger partial charge is 0.312 e. The third-order valence-corrected chi connectivity index (χ3v) is 3.75. The Labute approximate surface area is 106 Å². The van der Waals surface area contributed by atoms with Gasteiger partial charge in [-0.1, -0.05) is 52.4 Å². The molecular weight excluding hydrogens is 210 g/mol. The van der Waals surface area contributed by atoms with Crippen molar-refractivity contribution in [3.8, 4) is 0 Å². The SMILES string of the molecule is CCCCC(C)C(=NC1CCCCCC1)NN. The summed E-state index contributed by atoms with van der Waals surface area (Å²) in [5.74, 6) is 7.11. The predicted octanol–water partition coefficient (Wildman–Crippen LogP) is 3.40. The van der Waals surface area contributed by atoms with E-state index in [1.165, 1.54) is 57.8 Å². The minimum atomic E-state index is 0.475. The zero-order valence-electron chi connectivity index (χ0n) is 11.5. The second kappa shape index (κ2) is 8.51. The van der Waals surface area contributed by atoms with E-state index in [9.17, 15) is 0 Å².